The molecule has 2 amide bonds. The van der Waals surface area contributed by atoms with Crippen molar-refractivity contribution in [3.05, 3.63) is 0 Å². The molecule has 0 aromatic heterocycles. The van der Waals surface area contributed by atoms with Crippen LogP contribution < -0.4 is 0 Å². The van der Waals surface area contributed by atoms with E-state index in [1.807, 2.05) is 32.6 Å². The van der Waals surface area contributed by atoms with Crippen LogP contribution in [0.15, 0.2) is 0 Å². The first-order chi connectivity index (χ1) is 10.7. The van der Waals surface area contributed by atoms with E-state index >= 15 is 0 Å². The van der Waals surface area contributed by atoms with Crippen LogP contribution in [-0.2, 0) is 9.53 Å². The molecule has 132 valence electrons. The normalized spacial score (nSPS) is 29.3. The third-order valence-corrected chi connectivity index (χ3v) is 4.93. The van der Waals surface area contributed by atoms with E-state index in [-0.39, 0.29) is 24.0 Å². The lowest BCUT2D eigenvalue weighted by atomic mass is 9.82. The van der Waals surface area contributed by atoms with Crippen LogP contribution in [0, 0.1) is 11.8 Å². The fourth-order valence-electron chi connectivity index (χ4n) is 3.52. The van der Waals surface area contributed by atoms with E-state index in [0.717, 1.165) is 31.6 Å². The van der Waals surface area contributed by atoms with Crippen LogP contribution in [0.4, 0.5) is 4.79 Å². The Morgan fingerprint density at radius 3 is 2.13 bits per heavy atom. The van der Waals surface area contributed by atoms with E-state index in [4.69, 9.17) is 4.74 Å². The van der Waals surface area contributed by atoms with Crippen LogP contribution in [0.1, 0.15) is 60.3 Å². The average Bonchev–Trinajstić information content (AvgIpc) is 2.45. The maximum Gasteiger partial charge on any atom is 0.410 e. The van der Waals surface area contributed by atoms with Crippen LogP contribution in [0.3, 0.4) is 0 Å². The van der Waals surface area contributed by atoms with Gasteiger partial charge in [-0.25, -0.2) is 4.79 Å². The molecule has 2 rings (SSSR count). The van der Waals surface area contributed by atoms with Crippen LogP contribution >= 0.6 is 0 Å². The molecule has 0 N–H and O–H groups in total. The summed E-state index contributed by atoms with van der Waals surface area (Å²) in [6.07, 6.45) is 4.06. The number of amides is 2. The van der Waals surface area contributed by atoms with Gasteiger partial charge in [0.1, 0.15) is 5.60 Å². The van der Waals surface area contributed by atoms with E-state index in [1.165, 1.54) is 0 Å². The number of carbonyl (C=O) groups is 2. The highest BCUT2D eigenvalue weighted by atomic mass is 16.6. The number of hydrogen-bond acceptors (Lipinski definition) is 3. The van der Waals surface area contributed by atoms with Gasteiger partial charge < -0.3 is 14.5 Å². The Morgan fingerprint density at radius 2 is 1.61 bits per heavy atom. The molecular formula is C18H32N2O3. The zero-order valence-electron chi connectivity index (χ0n) is 15.3. The van der Waals surface area contributed by atoms with Crippen molar-refractivity contribution < 1.29 is 14.3 Å². The van der Waals surface area contributed by atoms with Crippen molar-refractivity contribution in [2.24, 2.45) is 11.8 Å². The summed E-state index contributed by atoms with van der Waals surface area (Å²) in [5.74, 6) is 1.22. The van der Waals surface area contributed by atoms with E-state index in [0.29, 0.717) is 19.6 Å². The number of nitrogens with zero attached hydrogens (tertiary/aromatic N) is 2. The molecule has 0 aromatic carbocycles. The molecule has 1 aliphatic heterocycles. The molecule has 0 unspecified atom stereocenters. The standard InChI is InChI=1S/C18H32N2O3/c1-13-6-8-15(9-7-13)16(21)20-11-10-19(12-14(20)2)17(22)23-18(3,4)5/h13-15H,6-12H2,1-5H3/t13?,14-,15?/m1/s1. The van der Waals surface area contributed by atoms with Crippen molar-refractivity contribution in [3.8, 4) is 0 Å². The molecule has 2 aliphatic rings. The molecular weight excluding hydrogens is 292 g/mol. The second-order valence-corrected chi connectivity index (χ2v) is 8.26. The van der Waals surface area contributed by atoms with Gasteiger partial charge in [-0.15, -0.1) is 0 Å². The number of hydrogen-bond donors (Lipinski definition) is 0. The first kappa shape index (κ1) is 18.1. The topological polar surface area (TPSA) is 49.9 Å². The lowest BCUT2D eigenvalue weighted by Gasteiger charge is -2.42. The zero-order valence-corrected chi connectivity index (χ0v) is 15.3. The second kappa shape index (κ2) is 7.10. The molecule has 23 heavy (non-hydrogen) atoms. The van der Waals surface area contributed by atoms with Gasteiger partial charge in [0.15, 0.2) is 0 Å². The Labute approximate surface area is 140 Å². The fourth-order valence-corrected chi connectivity index (χ4v) is 3.52. The van der Waals surface area contributed by atoms with Gasteiger partial charge in [0.25, 0.3) is 0 Å². The van der Waals surface area contributed by atoms with Crippen molar-refractivity contribution in [3.63, 3.8) is 0 Å². The van der Waals surface area contributed by atoms with E-state index in [9.17, 15) is 9.59 Å². The van der Waals surface area contributed by atoms with E-state index in [2.05, 4.69) is 6.92 Å². The largest absolute Gasteiger partial charge is 0.444 e. The van der Waals surface area contributed by atoms with Crippen molar-refractivity contribution >= 4 is 12.0 Å². The first-order valence-corrected chi connectivity index (χ1v) is 8.96. The van der Waals surface area contributed by atoms with Gasteiger partial charge in [-0.3, -0.25) is 4.79 Å². The highest BCUT2D eigenvalue weighted by Crippen LogP contribution is 2.30. The van der Waals surface area contributed by atoms with Crippen LogP contribution in [0.2, 0.25) is 0 Å². The quantitative estimate of drug-likeness (QED) is 0.744. The van der Waals surface area contributed by atoms with Crippen LogP contribution in [0.5, 0.6) is 0 Å². The van der Waals surface area contributed by atoms with Crippen molar-refractivity contribution in [1.29, 1.82) is 0 Å². The van der Waals surface area contributed by atoms with Gasteiger partial charge in [0, 0.05) is 31.6 Å². The van der Waals surface area contributed by atoms with Crippen LogP contribution in [-0.4, -0.2) is 53.1 Å². The predicted octanol–water partition coefficient (Wildman–Crippen LogP) is 3.28. The van der Waals surface area contributed by atoms with Crippen molar-refractivity contribution in [1.82, 2.24) is 9.80 Å². The fraction of sp³-hybridized carbons (Fsp3) is 0.889. The van der Waals surface area contributed by atoms with E-state index in [1.54, 1.807) is 4.90 Å². The summed E-state index contributed by atoms with van der Waals surface area (Å²) in [4.78, 5) is 28.6. The molecule has 1 aliphatic carbocycles. The minimum Gasteiger partial charge on any atom is -0.444 e. The summed E-state index contributed by atoms with van der Waals surface area (Å²) in [7, 11) is 0. The minimum absolute atomic E-state index is 0.0584. The van der Waals surface area contributed by atoms with Crippen LogP contribution in [0.25, 0.3) is 0 Å². The van der Waals surface area contributed by atoms with Gasteiger partial charge in [0.05, 0.1) is 0 Å². The lowest BCUT2D eigenvalue weighted by molar-refractivity contribution is -0.141. The molecule has 1 saturated heterocycles. The summed E-state index contributed by atoms with van der Waals surface area (Å²) in [5.41, 5.74) is -0.480. The van der Waals surface area contributed by atoms with Gasteiger partial charge >= 0.3 is 6.09 Å². The molecule has 5 nitrogen and oxygen atoms in total. The van der Waals surface area contributed by atoms with Gasteiger partial charge in [-0.05, 0) is 59.3 Å². The molecule has 0 aromatic rings. The maximum absolute atomic E-state index is 12.8. The maximum atomic E-state index is 12.8. The molecule has 1 heterocycles. The highest BCUT2D eigenvalue weighted by Gasteiger charge is 2.35. The number of rotatable bonds is 1. The summed E-state index contributed by atoms with van der Waals surface area (Å²) in [6.45, 7) is 11.7. The average molecular weight is 324 g/mol. The molecule has 1 saturated carbocycles. The van der Waals surface area contributed by atoms with Gasteiger partial charge in [-0.2, -0.15) is 0 Å². The Hall–Kier alpha value is -1.26. The summed E-state index contributed by atoms with van der Waals surface area (Å²) in [5, 5.41) is 0. The Kier molecular flexibility index (Phi) is 5.58. The molecule has 1 atom stereocenters. The number of piperazine rings is 1. The minimum atomic E-state index is -0.480. The summed E-state index contributed by atoms with van der Waals surface area (Å²) < 4.78 is 5.43. The zero-order chi connectivity index (χ0) is 17.2. The monoisotopic (exact) mass is 324 g/mol. The summed E-state index contributed by atoms with van der Waals surface area (Å²) >= 11 is 0. The molecule has 5 heteroatoms. The Morgan fingerprint density at radius 1 is 1.00 bits per heavy atom. The number of carbonyl (C=O) groups excluding carboxylic acids is 2. The van der Waals surface area contributed by atoms with Gasteiger partial charge in [0.2, 0.25) is 5.91 Å². The van der Waals surface area contributed by atoms with Gasteiger partial charge in [-0.1, -0.05) is 6.92 Å². The third kappa shape index (κ3) is 4.85. The third-order valence-electron chi connectivity index (χ3n) is 4.93. The van der Waals surface area contributed by atoms with Crippen molar-refractivity contribution in [2.45, 2.75) is 71.9 Å². The van der Waals surface area contributed by atoms with Crippen molar-refractivity contribution in [2.75, 3.05) is 19.6 Å². The summed E-state index contributed by atoms with van der Waals surface area (Å²) in [6, 6.07) is 0.0584. The SMILES string of the molecule is CC1CCC(C(=O)N2CCN(C(=O)OC(C)(C)C)C[C@H]2C)CC1. The smallest absolute Gasteiger partial charge is 0.410 e. The van der Waals surface area contributed by atoms with E-state index < -0.39 is 5.60 Å². The Balaban J connectivity index is 1.88. The highest BCUT2D eigenvalue weighted by molar-refractivity contribution is 5.79. The lowest BCUT2D eigenvalue weighted by Crippen LogP contribution is -2.57. The molecule has 0 radical (unpaired) electrons. The second-order valence-electron chi connectivity index (χ2n) is 8.26. The number of ether oxygens (including phenoxy) is 1. The molecule has 0 spiro atoms. The molecule has 0 bridgehead atoms. The Bertz CT molecular complexity index is 436. The first-order valence-electron chi connectivity index (χ1n) is 8.96. The molecule has 2 fully saturated rings. The predicted molar refractivity (Wildman–Crippen MR) is 90.1 cm³/mol.